The van der Waals surface area contributed by atoms with Crippen molar-refractivity contribution in [1.29, 1.82) is 0 Å². The number of hydrogen-bond donors (Lipinski definition) is 1. The van der Waals surface area contributed by atoms with Crippen LogP contribution in [0.25, 0.3) is 22.3 Å². The molecule has 1 aliphatic heterocycles. The predicted molar refractivity (Wildman–Crippen MR) is 116 cm³/mol. The molecular weight excluding hydrogens is 392 g/mol. The average Bonchev–Trinajstić information content (AvgIpc) is 3.49. The van der Waals surface area contributed by atoms with Crippen molar-refractivity contribution in [2.75, 3.05) is 19.7 Å². The third-order valence-corrected chi connectivity index (χ3v) is 5.86. The van der Waals surface area contributed by atoms with E-state index in [1.165, 1.54) is 0 Å². The first-order valence-electron chi connectivity index (χ1n) is 10.6. The smallest absolute Gasteiger partial charge is 0.254 e. The van der Waals surface area contributed by atoms with Crippen molar-refractivity contribution in [3.8, 4) is 11.3 Å². The quantitative estimate of drug-likeness (QED) is 0.538. The largest absolute Gasteiger partial charge is 0.467 e. The van der Waals surface area contributed by atoms with E-state index < -0.39 is 0 Å². The molecule has 5 rings (SSSR count). The van der Waals surface area contributed by atoms with Gasteiger partial charge in [-0.05, 0) is 37.0 Å². The van der Waals surface area contributed by atoms with Crippen LogP contribution in [0.1, 0.15) is 29.0 Å². The summed E-state index contributed by atoms with van der Waals surface area (Å²) in [5.74, 6) is 0.859. The lowest BCUT2D eigenvalue weighted by atomic mass is 9.97. The van der Waals surface area contributed by atoms with Gasteiger partial charge in [0, 0.05) is 25.3 Å². The lowest BCUT2D eigenvalue weighted by Crippen LogP contribution is -2.41. The Morgan fingerprint density at radius 1 is 1.19 bits per heavy atom. The van der Waals surface area contributed by atoms with Gasteiger partial charge >= 0.3 is 0 Å². The molecule has 31 heavy (non-hydrogen) atoms. The summed E-state index contributed by atoms with van der Waals surface area (Å²) in [6.45, 7) is 1.80. The lowest BCUT2D eigenvalue weighted by molar-refractivity contribution is 0.0622. The summed E-state index contributed by atoms with van der Waals surface area (Å²) in [5, 5.41) is 14.8. The van der Waals surface area contributed by atoms with Crippen molar-refractivity contribution in [3.63, 3.8) is 0 Å². The molecule has 0 bridgehead atoms. The number of aliphatic hydroxyl groups is 1. The van der Waals surface area contributed by atoms with Crippen molar-refractivity contribution in [2.24, 2.45) is 5.92 Å². The van der Waals surface area contributed by atoms with Gasteiger partial charge in [0.05, 0.1) is 29.1 Å². The van der Waals surface area contributed by atoms with Crippen LogP contribution in [0.5, 0.6) is 0 Å². The fraction of sp³-hybridized carbons (Fsp3) is 0.292. The van der Waals surface area contributed by atoms with E-state index >= 15 is 0 Å². The number of amides is 1. The maximum Gasteiger partial charge on any atom is 0.254 e. The van der Waals surface area contributed by atoms with Crippen LogP contribution >= 0.6 is 0 Å². The molecule has 1 atom stereocenters. The number of nitrogens with zero attached hydrogens (tertiary/aromatic N) is 4. The summed E-state index contributed by atoms with van der Waals surface area (Å²) in [7, 11) is 0. The van der Waals surface area contributed by atoms with Crippen LogP contribution in [0.2, 0.25) is 0 Å². The minimum absolute atomic E-state index is 0.0414. The molecule has 158 valence electrons. The van der Waals surface area contributed by atoms with Crippen LogP contribution in [0.4, 0.5) is 0 Å². The van der Waals surface area contributed by atoms with Gasteiger partial charge in [-0.25, -0.2) is 9.67 Å². The minimum Gasteiger partial charge on any atom is -0.467 e. The minimum atomic E-state index is -0.0414. The van der Waals surface area contributed by atoms with E-state index in [1.54, 1.807) is 17.1 Å². The van der Waals surface area contributed by atoms with Gasteiger partial charge in [0.25, 0.3) is 5.91 Å². The number of piperidine rings is 1. The van der Waals surface area contributed by atoms with Gasteiger partial charge in [0.2, 0.25) is 0 Å². The molecule has 3 aromatic heterocycles. The second-order valence-electron chi connectivity index (χ2n) is 7.98. The zero-order valence-corrected chi connectivity index (χ0v) is 17.1. The van der Waals surface area contributed by atoms with Gasteiger partial charge in [0.1, 0.15) is 12.3 Å². The van der Waals surface area contributed by atoms with Crippen LogP contribution < -0.4 is 0 Å². The number of aliphatic hydroxyl groups excluding tert-OH is 1. The van der Waals surface area contributed by atoms with Crippen LogP contribution in [-0.2, 0) is 6.54 Å². The molecule has 1 N–H and O–H groups in total. The number of fused-ring (bicyclic) bond motifs is 1. The van der Waals surface area contributed by atoms with Crippen LogP contribution in [0, 0.1) is 5.92 Å². The van der Waals surface area contributed by atoms with Gasteiger partial charge in [0.15, 0.2) is 5.65 Å². The fourth-order valence-electron chi connectivity index (χ4n) is 4.22. The number of carbonyl (C=O) groups is 1. The van der Waals surface area contributed by atoms with Crippen molar-refractivity contribution < 1.29 is 14.3 Å². The van der Waals surface area contributed by atoms with Crippen LogP contribution in [-0.4, -0.2) is 50.4 Å². The molecule has 0 saturated carbocycles. The summed E-state index contributed by atoms with van der Waals surface area (Å²) < 4.78 is 7.25. The van der Waals surface area contributed by atoms with Crippen LogP contribution in [0.3, 0.4) is 0 Å². The number of rotatable bonds is 5. The Balaban J connectivity index is 1.60. The van der Waals surface area contributed by atoms with Crippen molar-refractivity contribution in [3.05, 3.63) is 72.3 Å². The summed E-state index contributed by atoms with van der Waals surface area (Å²) in [4.78, 5) is 20.2. The maximum absolute atomic E-state index is 13.5. The highest BCUT2D eigenvalue weighted by Crippen LogP contribution is 2.28. The molecule has 4 aromatic rings. The number of benzene rings is 1. The Hall–Kier alpha value is -3.45. The van der Waals surface area contributed by atoms with Gasteiger partial charge in [-0.3, -0.25) is 4.79 Å². The molecular formula is C24H24N4O3. The molecule has 1 aromatic carbocycles. The zero-order valence-electron chi connectivity index (χ0n) is 17.1. The van der Waals surface area contributed by atoms with E-state index in [0.717, 1.165) is 35.2 Å². The third-order valence-electron chi connectivity index (χ3n) is 5.86. The Morgan fingerprint density at radius 2 is 2.06 bits per heavy atom. The number of carbonyl (C=O) groups excluding carboxylic acids is 1. The Kier molecular flexibility index (Phi) is 5.26. The number of aromatic nitrogens is 3. The Bertz CT molecular complexity index is 1180. The standard InChI is InChI=1S/C24H24N4O3/c29-16-17-6-4-10-27(14-17)24(30)20-12-22(18-7-2-1-3-8-18)26-23-21(20)13-25-28(23)15-19-9-5-11-31-19/h1-3,5,7-9,11-13,17,29H,4,6,10,14-16H2. The Labute approximate surface area is 179 Å². The first kappa shape index (κ1) is 19.5. The zero-order chi connectivity index (χ0) is 21.2. The van der Waals surface area contributed by atoms with E-state index in [4.69, 9.17) is 9.40 Å². The van der Waals surface area contributed by atoms with Gasteiger partial charge < -0.3 is 14.4 Å². The molecule has 0 radical (unpaired) electrons. The number of furan rings is 1. The molecule has 1 unspecified atom stereocenters. The Morgan fingerprint density at radius 3 is 2.84 bits per heavy atom. The summed E-state index contributed by atoms with van der Waals surface area (Å²) >= 11 is 0. The SMILES string of the molecule is O=C(c1cc(-c2ccccc2)nc2c1cnn2Cc1ccco1)N1CCCC(CO)C1. The second kappa shape index (κ2) is 8.35. The summed E-state index contributed by atoms with van der Waals surface area (Å²) in [6.07, 6.45) is 5.18. The van der Waals surface area contributed by atoms with E-state index in [2.05, 4.69) is 5.10 Å². The van der Waals surface area contributed by atoms with Gasteiger partial charge in [-0.15, -0.1) is 0 Å². The molecule has 7 heteroatoms. The lowest BCUT2D eigenvalue weighted by Gasteiger charge is -2.32. The third kappa shape index (κ3) is 3.84. The molecule has 1 saturated heterocycles. The molecule has 1 aliphatic rings. The van der Waals surface area contributed by atoms with E-state index in [1.807, 2.05) is 53.4 Å². The van der Waals surface area contributed by atoms with Crippen LogP contribution in [0.15, 0.2) is 65.4 Å². The molecule has 7 nitrogen and oxygen atoms in total. The highest BCUT2D eigenvalue weighted by Gasteiger charge is 2.27. The fourth-order valence-corrected chi connectivity index (χ4v) is 4.22. The van der Waals surface area contributed by atoms with E-state index in [-0.39, 0.29) is 18.4 Å². The first-order chi connectivity index (χ1) is 15.2. The second-order valence-corrected chi connectivity index (χ2v) is 7.98. The molecule has 1 amide bonds. The van der Waals surface area contributed by atoms with Crippen molar-refractivity contribution >= 4 is 16.9 Å². The number of pyridine rings is 1. The maximum atomic E-state index is 13.5. The van der Waals surface area contributed by atoms with E-state index in [0.29, 0.717) is 30.8 Å². The van der Waals surface area contributed by atoms with Gasteiger partial charge in [-0.1, -0.05) is 30.3 Å². The first-order valence-corrected chi connectivity index (χ1v) is 10.6. The molecule has 0 spiro atoms. The predicted octanol–water partition coefficient (Wildman–Crippen LogP) is 3.58. The van der Waals surface area contributed by atoms with Crippen molar-refractivity contribution in [1.82, 2.24) is 19.7 Å². The van der Waals surface area contributed by atoms with Gasteiger partial charge in [-0.2, -0.15) is 5.10 Å². The summed E-state index contributed by atoms with van der Waals surface area (Å²) in [6, 6.07) is 15.4. The normalized spacial score (nSPS) is 16.7. The molecule has 0 aliphatic carbocycles. The molecule has 1 fully saturated rings. The monoisotopic (exact) mass is 416 g/mol. The van der Waals surface area contributed by atoms with Crippen molar-refractivity contribution in [2.45, 2.75) is 19.4 Å². The molecule has 4 heterocycles. The topological polar surface area (TPSA) is 84.4 Å². The number of likely N-dealkylation sites (tertiary alicyclic amines) is 1. The van der Waals surface area contributed by atoms with E-state index in [9.17, 15) is 9.90 Å². The summed E-state index contributed by atoms with van der Waals surface area (Å²) in [5.41, 5.74) is 2.91. The highest BCUT2D eigenvalue weighted by molar-refractivity contribution is 6.06. The number of hydrogen-bond acceptors (Lipinski definition) is 5. The average molecular weight is 416 g/mol. The highest BCUT2D eigenvalue weighted by atomic mass is 16.3.